The van der Waals surface area contributed by atoms with Gasteiger partial charge in [0.15, 0.2) is 23.7 Å². The van der Waals surface area contributed by atoms with Gasteiger partial charge in [0.2, 0.25) is 12.4 Å². The summed E-state index contributed by atoms with van der Waals surface area (Å²) in [6.45, 7) is 4.28. The third-order valence-corrected chi connectivity index (χ3v) is 4.26. The molecule has 5 atom stereocenters. The molecular formula is C21H26O11. The number of benzene rings is 1. The summed E-state index contributed by atoms with van der Waals surface area (Å²) in [5.41, 5.74) is 0. The van der Waals surface area contributed by atoms with Gasteiger partial charge in [-0.2, -0.15) is 0 Å². The highest BCUT2D eigenvalue weighted by molar-refractivity contribution is 5.68. The number of para-hydroxylation sites is 2. The van der Waals surface area contributed by atoms with Gasteiger partial charge in [0.25, 0.3) is 0 Å². The van der Waals surface area contributed by atoms with E-state index in [1.807, 2.05) is 0 Å². The van der Waals surface area contributed by atoms with Crippen molar-refractivity contribution < 1.29 is 52.3 Å². The molecule has 11 nitrogen and oxygen atoms in total. The number of rotatable bonds is 8. The molecule has 0 aromatic heterocycles. The summed E-state index contributed by atoms with van der Waals surface area (Å²) in [5.74, 6) is -2.16. The van der Waals surface area contributed by atoms with Crippen molar-refractivity contribution in [1.82, 2.24) is 0 Å². The van der Waals surface area contributed by atoms with Gasteiger partial charge in [0.1, 0.15) is 12.7 Å². The second-order valence-electron chi connectivity index (χ2n) is 6.84. The maximum absolute atomic E-state index is 11.8. The Bertz CT molecular complexity index is 837. The van der Waals surface area contributed by atoms with Crippen LogP contribution >= 0.6 is 0 Å². The fraction of sp³-hybridized carbons (Fsp3) is 0.524. The van der Waals surface area contributed by atoms with E-state index in [2.05, 4.69) is 0 Å². The molecule has 1 aliphatic rings. The Balaban J connectivity index is 2.48. The maximum atomic E-state index is 11.8. The van der Waals surface area contributed by atoms with E-state index in [0.29, 0.717) is 5.75 Å². The average molecular weight is 454 g/mol. The molecule has 0 saturated carbocycles. The third-order valence-electron chi connectivity index (χ3n) is 4.26. The minimum absolute atomic E-state index is 0.246. The van der Waals surface area contributed by atoms with Crippen LogP contribution in [0.15, 0.2) is 24.3 Å². The molecule has 0 unspecified atom stereocenters. The van der Waals surface area contributed by atoms with Gasteiger partial charge in [-0.05, 0) is 12.1 Å². The lowest BCUT2D eigenvalue weighted by molar-refractivity contribution is -0.288. The SMILES string of the molecule is COc1ccccc1O[C@@H]1O[C@H](COC(C)=O)[C@@H](OC(C)=O)[C@H](OC(C)=O)[C@H]1OC(C)=O. The first-order chi connectivity index (χ1) is 15.1. The number of ether oxygens (including phenoxy) is 7. The van der Waals surface area contributed by atoms with E-state index in [4.69, 9.17) is 33.2 Å². The summed E-state index contributed by atoms with van der Waals surface area (Å²) in [6, 6.07) is 6.63. The molecule has 0 bridgehead atoms. The standard InChI is InChI=1S/C21H26O11/c1-11(22)27-10-17-18(28-12(2)23)19(29-13(3)24)20(30-14(4)25)21(32-17)31-16-9-7-6-8-15(16)26-5/h6-9,17-21H,10H2,1-5H3/t17-,18-,19+,20-,21-/m1/s1. The van der Waals surface area contributed by atoms with E-state index in [0.717, 1.165) is 20.8 Å². The van der Waals surface area contributed by atoms with E-state index >= 15 is 0 Å². The van der Waals surface area contributed by atoms with Crippen LogP contribution in [0.1, 0.15) is 27.7 Å². The molecule has 11 heteroatoms. The van der Waals surface area contributed by atoms with Crippen LogP contribution in [0.2, 0.25) is 0 Å². The summed E-state index contributed by atoms with van der Waals surface area (Å²) in [6.07, 6.45) is -6.31. The van der Waals surface area contributed by atoms with Gasteiger partial charge < -0.3 is 33.2 Å². The Hall–Kier alpha value is -3.34. The zero-order valence-corrected chi connectivity index (χ0v) is 18.4. The summed E-state index contributed by atoms with van der Waals surface area (Å²) in [5, 5.41) is 0. The van der Waals surface area contributed by atoms with E-state index in [1.165, 1.54) is 14.0 Å². The minimum Gasteiger partial charge on any atom is -0.493 e. The molecule has 1 fully saturated rings. The van der Waals surface area contributed by atoms with Gasteiger partial charge in [0.05, 0.1) is 7.11 Å². The molecule has 1 aromatic carbocycles. The highest BCUT2D eigenvalue weighted by atomic mass is 16.7. The number of carbonyl (C=O) groups is 4. The second-order valence-corrected chi connectivity index (χ2v) is 6.84. The van der Waals surface area contributed by atoms with Gasteiger partial charge in [-0.15, -0.1) is 0 Å². The van der Waals surface area contributed by atoms with Crippen molar-refractivity contribution in [2.75, 3.05) is 13.7 Å². The van der Waals surface area contributed by atoms with Crippen molar-refractivity contribution in [3.8, 4) is 11.5 Å². The van der Waals surface area contributed by atoms with Gasteiger partial charge in [-0.3, -0.25) is 19.2 Å². The van der Waals surface area contributed by atoms with E-state index in [1.54, 1.807) is 24.3 Å². The van der Waals surface area contributed by atoms with Gasteiger partial charge in [-0.25, -0.2) is 0 Å². The molecular weight excluding hydrogens is 428 g/mol. The number of carbonyl (C=O) groups excluding carboxylic acids is 4. The quantitative estimate of drug-likeness (QED) is 0.414. The highest BCUT2D eigenvalue weighted by Crippen LogP contribution is 2.34. The van der Waals surface area contributed by atoms with Crippen molar-refractivity contribution >= 4 is 23.9 Å². The summed E-state index contributed by atoms with van der Waals surface area (Å²) >= 11 is 0. The fourth-order valence-corrected chi connectivity index (χ4v) is 3.12. The molecule has 0 aliphatic carbocycles. The van der Waals surface area contributed by atoms with Crippen LogP contribution in [-0.4, -0.2) is 68.3 Å². The van der Waals surface area contributed by atoms with E-state index in [-0.39, 0.29) is 12.4 Å². The van der Waals surface area contributed by atoms with Crippen molar-refractivity contribution in [1.29, 1.82) is 0 Å². The van der Waals surface area contributed by atoms with E-state index < -0.39 is 54.6 Å². The number of hydrogen-bond acceptors (Lipinski definition) is 11. The number of esters is 4. The van der Waals surface area contributed by atoms with Crippen LogP contribution in [0.3, 0.4) is 0 Å². The number of hydrogen-bond donors (Lipinski definition) is 0. The molecule has 0 amide bonds. The molecule has 2 rings (SSSR count). The lowest BCUT2D eigenvalue weighted by Gasteiger charge is -2.43. The van der Waals surface area contributed by atoms with Crippen molar-refractivity contribution in [3.63, 3.8) is 0 Å². The van der Waals surface area contributed by atoms with Crippen LogP contribution in [0, 0.1) is 0 Å². The monoisotopic (exact) mass is 454 g/mol. The Kier molecular flexibility index (Phi) is 8.82. The molecule has 0 radical (unpaired) electrons. The molecule has 1 saturated heterocycles. The Labute approximate surface area is 184 Å². The molecule has 1 aromatic rings. The summed E-state index contributed by atoms with van der Waals surface area (Å²) in [4.78, 5) is 46.7. The Morgan fingerprint density at radius 1 is 0.781 bits per heavy atom. The lowest BCUT2D eigenvalue weighted by Crippen LogP contribution is -2.63. The summed E-state index contributed by atoms with van der Waals surface area (Å²) < 4.78 is 38.1. The predicted octanol–water partition coefficient (Wildman–Crippen LogP) is 1.16. The van der Waals surface area contributed by atoms with Crippen LogP contribution in [-0.2, 0) is 42.9 Å². The summed E-state index contributed by atoms with van der Waals surface area (Å²) in [7, 11) is 1.44. The fourth-order valence-electron chi connectivity index (χ4n) is 3.12. The van der Waals surface area contributed by atoms with Crippen molar-refractivity contribution in [2.45, 2.75) is 58.4 Å². The molecule has 0 spiro atoms. The zero-order valence-electron chi connectivity index (χ0n) is 18.4. The van der Waals surface area contributed by atoms with Crippen molar-refractivity contribution in [2.24, 2.45) is 0 Å². The second kappa shape index (κ2) is 11.3. The maximum Gasteiger partial charge on any atom is 0.303 e. The molecule has 176 valence electrons. The third kappa shape index (κ3) is 6.84. The van der Waals surface area contributed by atoms with Crippen LogP contribution in [0.25, 0.3) is 0 Å². The highest BCUT2D eigenvalue weighted by Gasteiger charge is 2.53. The van der Waals surface area contributed by atoms with Gasteiger partial charge in [-0.1, -0.05) is 12.1 Å². The number of methoxy groups -OCH3 is 1. The smallest absolute Gasteiger partial charge is 0.303 e. The lowest BCUT2D eigenvalue weighted by atomic mass is 9.98. The Morgan fingerprint density at radius 3 is 1.84 bits per heavy atom. The molecule has 1 aliphatic heterocycles. The largest absolute Gasteiger partial charge is 0.493 e. The average Bonchev–Trinajstić information content (AvgIpc) is 2.70. The minimum atomic E-state index is -1.33. The normalized spacial score (nSPS) is 24.6. The van der Waals surface area contributed by atoms with Crippen molar-refractivity contribution in [3.05, 3.63) is 24.3 Å². The predicted molar refractivity (Wildman–Crippen MR) is 106 cm³/mol. The van der Waals surface area contributed by atoms with E-state index in [9.17, 15) is 19.2 Å². The topological polar surface area (TPSA) is 133 Å². The van der Waals surface area contributed by atoms with Gasteiger partial charge >= 0.3 is 23.9 Å². The van der Waals surface area contributed by atoms with Crippen LogP contribution in [0.4, 0.5) is 0 Å². The molecule has 0 N–H and O–H groups in total. The van der Waals surface area contributed by atoms with Crippen LogP contribution in [0.5, 0.6) is 11.5 Å². The van der Waals surface area contributed by atoms with Gasteiger partial charge in [0, 0.05) is 27.7 Å². The van der Waals surface area contributed by atoms with Crippen LogP contribution < -0.4 is 9.47 Å². The first-order valence-corrected chi connectivity index (χ1v) is 9.72. The zero-order chi connectivity index (χ0) is 23.8. The Morgan fingerprint density at radius 2 is 1.31 bits per heavy atom. The first-order valence-electron chi connectivity index (χ1n) is 9.72. The molecule has 1 heterocycles. The molecule has 32 heavy (non-hydrogen) atoms. The first kappa shape index (κ1) is 24.9.